The van der Waals surface area contributed by atoms with Gasteiger partial charge in [0.1, 0.15) is 4.90 Å². The summed E-state index contributed by atoms with van der Waals surface area (Å²) in [7, 11) is -2.00. The number of halogens is 1. The van der Waals surface area contributed by atoms with E-state index in [2.05, 4.69) is 31.3 Å². The lowest BCUT2D eigenvalue weighted by molar-refractivity contribution is -0.120. The van der Waals surface area contributed by atoms with E-state index in [-0.39, 0.29) is 17.3 Å². The van der Waals surface area contributed by atoms with Gasteiger partial charge in [-0.2, -0.15) is 9.40 Å². The molecule has 4 rings (SSSR count). The van der Waals surface area contributed by atoms with Crippen LogP contribution in [0.5, 0.6) is 0 Å². The average molecular weight is 478 g/mol. The fourth-order valence-electron chi connectivity index (χ4n) is 3.53. The first-order chi connectivity index (χ1) is 13.9. The van der Waals surface area contributed by atoms with E-state index in [1.165, 1.54) is 21.4 Å². The molecule has 0 aliphatic carbocycles. The number of nitrogens with one attached hydrogen (secondary N) is 1. The van der Waals surface area contributed by atoms with E-state index >= 15 is 0 Å². The van der Waals surface area contributed by atoms with Crippen LogP contribution in [0.2, 0.25) is 0 Å². The number of carbonyl (C=O) groups is 1. The molecule has 29 heavy (non-hydrogen) atoms. The summed E-state index contributed by atoms with van der Waals surface area (Å²) in [6.45, 7) is 0.536. The van der Waals surface area contributed by atoms with Crippen LogP contribution >= 0.6 is 15.9 Å². The summed E-state index contributed by atoms with van der Waals surface area (Å²) in [4.78, 5) is 17.4. The van der Waals surface area contributed by atoms with Crippen LogP contribution in [0.1, 0.15) is 12.8 Å². The van der Waals surface area contributed by atoms with Gasteiger partial charge in [0.2, 0.25) is 15.9 Å². The number of hydrogen-bond acceptors (Lipinski definition) is 5. The summed E-state index contributed by atoms with van der Waals surface area (Å²) >= 11 is 3.49. The lowest BCUT2D eigenvalue weighted by Crippen LogP contribution is -2.43. The molecule has 10 heteroatoms. The molecule has 0 radical (unpaired) electrons. The third kappa shape index (κ3) is 3.92. The molecule has 3 aromatic rings. The first-order valence-corrected chi connectivity index (χ1v) is 11.4. The molecule has 2 aromatic heterocycles. The Morgan fingerprint density at radius 1 is 1.31 bits per heavy atom. The SMILES string of the molecule is Cn1cc(S(=O)(=O)N2CCC[C@H](C(=O)Nc3ccc(Br)c4cccnc34)C2)cn1. The van der Waals surface area contributed by atoms with E-state index in [0.717, 1.165) is 9.86 Å². The smallest absolute Gasteiger partial charge is 0.246 e. The molecule has 152 valence electrons. The Bertz CT molecular complexity index is 1180. The Kier molecular flexibility index (Phi) is 5.41. The average Bonchev–Trinajstić information content (AvgIpc) is 3.17. The van der Waals surface area contributed by atoms with Crippen LogP contribution in [0.4, 0.5) is 5.69 Å². The Morgan fingerprint density at radius 3 is 2.90 bits per heavy atom. The molecule has 0 bridgehead atoms. The van der Waals surface area contributed by atoms with Crippen molar-refractivity contribution in [3.63, 3.8) is 0 Å². The Labute approximate surface area is 177 Å². The molecule has 1 aliphatic heterocycles. The number of aromatic nitrogens is 3. The highest BCUT2D eigenvalue weighted by Gasteiger charge is 2.34. The van der Waals surface area contributed by atoms with E-state index in [1.54, 1.807) is 19.3 Å². The highest BCUT2D eigenvalue weighted by molar-refractivity contribution is 9.10. The molecule has 3 heterocycles. The molecule has 1 saturated heterocycles. The Hall–Kier alpha value is -2.30. The van der Waals surface area contributed by atoms with Gasteiger partial charge in [0, 0.05) is 42.4 Å². The number of sulfonamides is 1. The van der Waals surface area contributed by atoms with Crippen LogP contribution in [0, 0.1) is 5.92 Å². The van der Waals surface area contributed by atoms with E-state index in [0.29, 0.717) is 30.6 Å². The van der Waals surface area contributed by atoms with Crippen molar-refractivity contribution in [2.45, 2.75) is 17.7 Å². The molecule has 0 saturated carbocycles. The number of aryl methyl sites for hydroxylation is 1. The zero-order valence-electron chi connectivity index (χ0n) is 15.7. The highest BCUT2D eigenvalue weighted by atomic mass is 79.9. The molecule has 1 atom stereocenters. The number of amides is 1. The van der Waals surface area contributed by atoms with Gasteiger partial charge >= 0.3 is 0 Å². The van der Waals surface area contributed by atoms with Gasteiger partial charge in [-0.25, -0.2) is 8.42 Å². The number of rotatable bonds is 4. The zero-order chi connectivity index (χ0) is 20.6. The quantitative estimate of drug-likeness (QED) is 0.622. The predicted octanol–water partition coefficient (Wildman–Crippen LogP) is 2.77. The number of piperidine rings is 1. The normalized spacial score (nSPS) is 18.1. The van der Waals surface area contributed by atoms with E-state index in [4.69, 9.17) is 0 Å². The molecule has 1 N–H and O–H groups in total. The van der Waals surface area contributed by atoms with Gasteiger partial charge < -0.3 is 5.32 Å². The fourth-order valence-corrected chi connectivity index (χ4v) is 5.49. The topological polar surface area (TPSA) is 97.2 Å². The van der Waals surface area contributed by atoms with Gasteiger partial charge in [0.15, 0.2) is 0 Å². The molecule has 1 amide bonds. The van der Waals surface area contributed by atoms with Crippen molar-refractivity contribution in [1.29, 1.82) is 0 Å². The third-order valence-electron chi connectivity index (χ3n) is 5.05. The second-order valence-electron chi connectivity index (χ2n) is 7.04. The maximum absolute atomic E-state index is 12.9. The number of nitrogens with zero attached hydrogens (tertiary/aromatic N) is 4. The molecule has 1 fully saturated rings. The monoisotopic (exact) mass is 477 g/mol. The van der Waals surface area contributed by atoms with Gasteiger partial charge in [0.05, 0.1) is 23.3 Å². The van der Waals surface area contributed by atoms with E-state index in [9.17, 15) is 13.2 Å². The number of hydrogen-bond donors (Lipinski definition) is 1. The van der Waals surface area contributed by atoms with Crippen LogP contribution in [0.25, 0.3) is 10.9 Å². The maximum Gasteiger partial charge on any atom is 0.246 e. The standard InChI is InChI=1S/C19H20BrN5O3S/c1-24-12-14(10-22-24)29(27,28)25-9-3-4-13(11-25)19(26)23-17-7-6-16(20)15-5-2-8-21-18(15)17/h2,5-8,10,12-13H,3-4,9,11H2,1H3,(H,23,26)/t13-/m0/s1. The van der Waals surface area contributed by atoms with E-state index in [1.807, 2.05) is 18.2 Å². The number of fused-ring (bicyclic) bond motifs is 1. The molecular formula is C19H20BrN5O3S. The van der Waals surface area contributed by atoms with Crippen molar-refractivity contribution in [3.05, 3.63) is 47.3 Å². The van der Waals surface area contributed by atoms with Crippen molar-refractivity contribution < 1.29 is 13.2 Å². The van der Waals surface area contributed by atoms with Crippen molar-refractivity contribution in [1.82, 2.24) is 19.1 Å². The predicted molar refractivity (Wildman–Crippen MR) is 113 cm³/mol. The van der Waals surface area contributed by atoms with Gasteiger partial charge in [0.25, 0.3) is 0 Å². The van der Waals surface area contributed by atoms with Crippen LogP contribution < -0.4 is 5.32 Å². The molecule has 0 unspecified atom stereocenters. The van der Waals surface area contributed by atoms with Crippen LogP contribution in [0.3, 0.4) is 0 Å². The molecular weight excluding hydrogens is 458 g/mol. The maximum atomic E-state index is 12.9. The third-order valence-corrected chi connectivity index (χ3v) is 7.56. The minimum Gasteiger partial charge on any atom is -0.324 e. The molecule has 1 aromatic carbocycles. The minimum atomic E-state index is -3.67. The number of benzene rings is 1. The van der Waals surface area contributed by atoms with Crippen molar-refractivity contribution in [3.8, 4) is 0 Å². The second-order valence-corrected chi connectivity index (χ2v) is 9.83. The molecule has 0 spiro atoms. The second kappa shape index (κ2) is 7.85. The lowest BCUT2D eigenvalue weighted by atomic mass is 9.98. The van der Waals surface area contributed by atoms with Crippen molar-refractivity contribution in [2.75, 3.05) is 18.4 Å². The number of carbonyl (C=O) groups excluding carboxylic acids is 1. The summed E-state index contributed by atoms with van der Waals surface area (Å²) in [6, 6.07) is 7.41. The van der Waals surface area contributed by atoms with Gasteiger partial charge in [-0.15, -0.1) is 0 Å². The first kappa shape index (κ1) is 20.0. The van der Waals surface area contributed by atoms with E-state index < -0.39 is 15.9 Å². The number of anilines is 1. The first-order valence-electron chi connectivity index (χ1n) is 9.19. The highest BCUT2D eigenvalue weighted by Crippen LogP contribution is 2.30. The van der Waals surface area contributed by atoms with Gasteiger partial charge in [-0.1, -0.05) is 22.0 Å². The lowest BCUT2D eigenvalue weighted by Gasteiger charge is -2.30. The van der Waals surface area contributed by atoms with Crippen LogP contribution in [-0.4, -0.2) is 46.5 Å². The summed E-state index contributed by atoms with van der Waals surface area (Å²) in [5.74, 6) is -0.636. The summed E-state index contributed by atoms with van der Waals surface area (Å²) in [5, 5.41) is 7.78. The largest absolute Gasteiger partial charge is 0.324 e. The van der Waals surface area contributed by atoms with Gasteiger partial charge in [-0.3, -0.25) is 14.5 Å². The van der Waals surface area contributed by atoms with Crippen molar-refractivity contribution >= 4 is 48.5 Å². The molecule has 1 aliphatic rings. The van der Waals surface area contributed by atoms with Crippen LogP contribution in [-0.2, 0) is 21.9 Å². The fraction of sp³-hybridized carbons (Fsp3) is 0.316. The summed E-state index contributed by atoms with van der Waals surface area (Å²) < 4.78 is 29.4. The summed E-state index contributed by atoms with van der Waals surface area (Å²) in [5.41, 5.74) is 1.30. The van der Waals surface area contributed by atoms with Gasteiger partial charge in [-0.05, 0) is 31.0 Å². The summed E-state index contributed by atoms with van der Waals surface area (Å²) in [6.07, 6.45) is 5.73. The van der Waals surface area contributed by atoms with Crippen molar-refractivity contribution in [2.24, 2.45) is 13.0 Å². The zero-order valence-corrected chi connectivity index (χ0v) is 18.1. The number of pyridine rings is 1. The molecule has 8 nitrogen and oxygen atoms in total. The van der Waals surface area contributed by atoms with Crippen LogP contribution in [0.15, 0.2) is 52.2 Å². The Morgan fingerprint density at radius 2 is 2.14 bits per heavy atom. The minimum absolute atomic E-state index is 0.143. The Balaban J connectivity index is 1.53.